The summed E-state index contributed by atoms with van der Waals surface area (Å²) in [5, 5.41) is 9.60. The van der Waals surface area contributed by atoms with E-state index in [-0.39, 0.29) is 18.0 Å². The van der Waals surface area contributed by atoms with E-state index in [4.69, 9.17) is 5.73 Å². The van der Waals surface area contributed by atoms with E-state index in [0.717, 1.165) is 19.5 Å². The molecule has 1 aliphatic heterocycles. The Morgan fingerprint density at radius 3 is 2.67 bits per heavy atom. The van der Waals surface area contributed by atoms with Crippen molar-refractivity contribution in [3.05, 3.63) is 0 Å². The van der Waals surface area contributed by atoms with Crippen LogP contribution in [0.4, 0.5) is 17.8 Å². The van der Waals surface area contributed by atoms with Crippen molar-refractivity contribution in [2.45, 2.75) is 19.4 Å². The highest BCUT2D eigenvalue weighted by Crippen LogP contribution is 2.24. The van der Waals surface area contributed by atoms with Crippen LogP contribution in [0.25, 0.3) is 0 Å². The zero-order chi connectivity index (χ0) is 13.3. The maximum atomic E-state index is 9.60. The molecule has 0 saturated carbocycles. The van der Waals surface area contributed by atoms with Crippen molar-refractivity contribution in [2.24, 2.45) is 5.92 Å². The molecule has 0 aliphatic carbocycles. The van der Waals surface area contributed by atoms with Gasteiger partial charge in [0.1, 0.15) is 0 Å². The fourth-order valence-electron chi connectivity index (χ4n) is 2.07. The molecule has 0 radical (unpaired) electrons. The van der Waals surface area contributed by atoms with E-state index in [1.165, 1.54) is 0 Å². The molecule has 2 atom stereocenters. The zero-order valence-corrected chi connectivity index (χ0v) is 11.0. The molecule has 7 heteroatoms. The molecular formula is C11H20N6O. The molecule has 1 aromatic heterocycles. The van der Waals surface area contributed by atoms with Crippen LogP contribution < -0.4 is 15.5 Å². The topological polar surface area (TPSA) is 91.4 Å². The van der Waals surface area contributed by atoms with E-state index in [1.54, 1.807) is 4.90 Å². The van der Waals surface area contributed by atoms with Gasteiger partial charge in [0.05, 0.1) is 6.10 Å². The number of aliphatic hydroxyl groups excluding tert-OH is 1. The third-order valence-electron chi connectivity index (χ3n) is 3.22. The van der Waals surface area contributed by atoms with E-state index in [2.05, 4.69) is 15.0 Å². The monoisotopic (exact) mass is 252 g/mol. The average molecular weight is 252 g/mol. The molecule has 0 spiro atoms. The van der Waals surface area contributed by atoms with Gasteiger partial charge in [-0.3, -0.25) is 0 Å². The number of rotatable bonds is 3. The zero-order valence-electron chi connectivity index (χ0n) is 11.0. The molecule has 1 fully saturated rings. The first-order valence-electron chi connectivity index (χ1n) is 6.09. The predicted octanol–water partition coefficient (Wildman–Crippen LogP) is -0.273. The first kappa shape index (κ1) is 12.8. The predicted molar refractivity (Wildman–Crippen MR) is 70.6 cm³/mol. The Bertz CT molecular complexity index is 422. The fourth-order valence-corrected chi connectivity index (χ4v) is 2.07. The molecule has 2 unspecified atom stereocenters. The highest BCUT2D eigenvalue weighted by atomic mass is 16.3. The molecule has 1 saturated heterocycles. The second-order valence-electron chi connectivity index (χ2n) is 4.92. The Morgan fingerprint density at radius 2 is 2.11 bits per heavy atom. The number of anilines is 3. The van der Waals surface area contributed by atoms with Gasteiger partial charge in [0.15, 0.2) is 0 Å². The number of nitrogens with zero attached hydrogens (tertiary/aromatic N) is 5. The molecule has 2 rings (SSSR count). The highest BCUT2D eigenvalue weighted by molar-refractivity contribution is 5.43. The SMILES string of the molecule is CC(O)C1CCN(c2nc(N)nc(N(C)C)n2)C1. The van der Waals surface area contributed by atoms with Gasteiger partial charge in [0.2, 0.25) is 17.8 Å². The van der Waals surface area contributed by atoms with Crippen molar-refractivity contribution in [1.29, 1.82) is 0 Å². The molecule has 0 amide bonds. The molecule has 0 aromatic carbocycles. The Labute approximate surface area is 107 Å². The standard InChI is InChI=1S/C11H20N6O/c1-7(18)8-4-5-17(6-8)11-14-9(12)13-10(15-11)16(2)3/h7-8,18H,4-6H2,1-3H3,(H2,12,13,14,15). The van der Waals surface area contributed by atoms with Crippen molar-refractivity contribution >= 4 is 17.8 Å². The maximum Gasteiger partial charge on any atom is 0.231 e. The summed E-state index contributed by atoms with van der Waals surface area (Å²) in [5.74, 6) is 1.64. The summed E-state index contributed by atoms with van der Waals surface area (Å²) in [5.41, 5.74) is 5.69. The first-order chi connectivity index (χ1) is 8.47. The number of nitrogens with two attached hydrogens (primary N) is 1. The van der Waals surface area contributed by atoms with Crippen LogP contribution in [-0.4, -0.2) is 53.3 Å². The lowest BCUT2D eigenvalue weighted by Crippen LogP contribution is -2.27. The molecule has 0 bridgehead atoms. The summed E-state index contributed by atoms with van der Waals surface area (Å²) in [6.07, 6.45) is 0.642. The summed E-state index contributed by atoms with van der Waals surface area (Å²) in [4.78, 5) is 16.4. The van der Waals surface area contributed by atoms with Gasteiger partial charge in [0.25, 0.3) is 0 Å². The van der Waals surface area contributed by atoms with Crippen LogP contribution in [0.5, 0.6) is 0 Å². The normalized spacial score (nSPS) is 21.1. The van der Waals surface area contributed by atoms with Gasteiger partial charge in [-0.15, -0.1) is 0 Å². The van der Waals surface area contributed by atoms with Crippen molar-refractivity contribution in [2.75, 3.05) is 42.7 Å². The summed E-state index contributed by atoms with van der Waals surface area (Å²) >= 11 is 0. The Kier molecular flexibility index (Phi) is 3.51. The quantitative estimate of drug-likeness (QED) is 0.765. The minimum Gasteiger partial charge on any atom is -0.393 e. The Hall–Kier alpha value is -1.63. The van der Waals surface area contributed by atoms with E-state index in [1.807, 2.05) is 25.9 Å². The van der Waals surface area contributed by atoms with Crippen LogP contribution in [0.1, 0.15) is 13.3 Å². The van der Waals surface area contributed by atoms with Gasteiger partial charge in [-0.1, -0.05) is 0 Å². The van der Waals surface area contributed by atoms with Gasteiger partial charge in [-0.25, -0.2) is 0 Å². The second kappa shape index (κ2) is 4.93. The summed E-state index contributed by atoms with van der Waals surface area (Å²) in [6.45, 7) is 3.42. The number of aromatic nitrogens is 3. The van der Waals surface area contributed by atoms with Crippen molar-refractivity contribution in [3.63, 3.8) is 0 Å². The van der Waals surface area contributed by atoms with Crippen LogP contribution in [-0.2, 0) is 0 Å². The molecule has 18 heavy (non-hydrogen) atoms. The number of hydrogen-bond donors (Lipinski definition) is 2. The minimum absolute atomic E-state index is 0.226. The van der Waals surface area contributed by atoms with Crippen LogP contribution in [0.15, 0.2) is 0 Å². The minimum atomic E-state index is -0.303. The summed E-state index contributed by atoms with van der Waals surface area (Å²) < 4.78 is 0. The fraction of sp³-hybridized carbons (Fsp3) is 0.727. The lowest BCUT2D eigenvalue weighted by molar-refractivity contribution is 0.136. The van der Waals surface area contributed by atoms with Gasteiger partial charge in [0, 0.05) is 33.1 Å². The summed E-state index contributed by atoms with van der Waals surface area (Å²) in [6, 6.07) is 0. The van der Waals surface area contributed by atoms with Crippen LogP contribution in [0, 0.1) is 5.92 Å². The highest BCUT2D eigenvalue weighted by Gasteiger charge is 2.28. The lowest BCUT2D eigenvalue weighted by atomic mass is 10.0. The van der Waals surface area contributed by atoms with Gasteiger partial charge in [-0.05, 0) is 13.3 Å². The van der Waals surface area contributed by atoms with Crippen LogP contribution in [0.2, 0.25) is 0 Å². The third kappa shape index (κ3) is 2.61. The number of aliphatic hydroxyl groups is 1. The molecular weight excluding hydrogens is 232 g/mol. The first-order valence-corrected chi connectivity index (χ1v) is 6.09. The van der Waals surface area contributed by atoms with Crippen LogP contribution in [0.3, 0.4) is 0 Å². The maximum absolute atomic E-state index is 9.60. The molecule has 2 heterocycles. The molecule has 7 nitrogen and oxygen atoms in total. The van der Waals surface area contributed by atoms with Gasteiger partial charge in [-0.2, -0.15) is 15.0 Å². The Balaban J connectivity index is 2.19. The van der Waals surface area contributed by atoms with E-state index < -0.39 is 0 Å². The van der Waals surface area contributed by atoms with E-state index in [0.29, 0.717) is 11.9 Å². The van der Waals surface area contributed by atoms with E-state index >= 15 is 0 Å². The van der Waals surface area contributed by atoms with Crippen molar-refractivity contribution in [3.8, 4) is 0 Å². The van der Waals surface area contributed by atoms with Gasteiger partial charge < -0.3 is 20.6 Å². The Morgan fingerprint density at radius 1 is 1.39 bits per heavy atom. The third-order valence-corrected chi connectivity index (χ3v) is 3.22. The smallest absolute Gasteiger partial charge is 0.231 e. The van der Waals surface area contributed by atoms with Crippen molar-refractivity contribution in [1.82, 2.24) is 15.0 Å². The van der Waals surface area contributed by atoms with Crippen LogP contribution >= 0.6 is 0 Å². The average Bonchev–Trinajstić information content (AvgIpc) is 2.77. The van der Waals surface area contributed by atoms with Gasteiger partial charge >= 0.3 is 0 Å². The lowest BCUT2D eigenvalue weighted by Gasteiger charge is -2.19. The molecule has 1 aromatic rings. The molecule has 3 N–H and O–H groups in total. The summed E-state index contributed by atoms with van der Waals surface area (Å²) in [7, 11) is 3.72. The number of nitrogen functional groups attached to an aromatic ring is 1. The second-order valence-corrected chi connectivity index (χ2v) is 4.92. The number of hydrogen-bond acceptors (Lipinski definition) is 7. The molecule has 1 aliphatic rings. The van der Waals surface area contributed by atoms with E-state index in [9.17, 15) is 5.11 Å². The molecule has 100 valence electrons. The largest absolute Gasteiger partial charge is 0.393 e. The van der Waals surface area contributed by atoms with Crippen molar-refractivity contribution < 1.29 is 5.11 Å².